The molecule has 0 radical (unpaired) electrons. The van der Waals surface area contributed by atoms with Crippen molar-refractivity contribution in [2.24, 2.45) is 0 Å². The Kier molecular flexibility index (Phi) is 5.71. The van der Waals surface area contributed by atoms with E-state index in [4.69, 9.17) is 0 Å². The number of amides is 1. The Balaban J connectivity index is 2.17. The first-order chi connectivity index (χ1) is 11.0. The van der Waals surface area contributed by atoms with Gasteiger partial charge in [-0.25, -0.2) is 0 Å². The van der Waals surface area contributed by atoms with Crippen LogP contribution >= 0.6 is 0 Å². The molecular weight excluding hydrogens is 290 g/mol. The van der Waals surface area contributed by atoms with Crippen LogP contribution < -0.4 is 0 Å². The molecule has 1 aromatic carbocycles. The van der Waals surface area contributed by atoms with Gasteiger partial charge in [-0.1, -0.05) is 30.3 Å². The summed E-state index contributed by atoms with van der Waals surface area (Å²) in [7, 11) is 3.96. The zero-order valence-electron chi connectivity index (χ0n) is 13.9. The molecule has 0 fully saturated rings. The maximum atomic E-state index is 12.8. The number of nitrogens with one attached hydrogen (secondary N) is 1. The van der Waals surface area contributed by atoms with E-state index < -0.39 is 0 Å². The maximum Gasteiger partial charge on any atom is 0.270 e. The average molecular weight is 313 g/mol. The maximum absolute atomic E-state index is 12.8. The van der Waals surface area contributed by atoms with Gasteiger partial charge < -0.3 is 14.8 Å². The van der Waals surface area contributed by atoms with Crippen LogP contribution in [0.5, 0.6) is 0 Å². The molecule has 5 heteroatoms. The Morgan fingerprint density at radius 3 is 2.35 bits per heavy atom. The third-order valence-corrected chi connectivity index (χ3v) is 3.64. The highest BCUT2D eigenvalue weighted by Crippen LogP contribution is 2.11. The Hall–Kier alpha value is -2.40. The number of H-pyrrole nitrogens is 1. The predicted molar refractivity (Wildman–Crippen MR) is 90.5 cm³/mol. The van der Waals surface area contributed by atoms with Crippen LogP contribution in [-0.4, -0.2) is 53.7 Å². The lowest BCUT2D eigenvalue weighted by Gasteiger charge is -2.24. The second-order valence-corrected chi connectivity index (χ2v) is 5.87. The zero-order chi connectivity index (χ0) is 16.8. The first kappa shape index (κ1) is 17.0. The van der Waals surface area contributed by atoms with Crippen molar-refractivity contribution in [2.75, 3.05) is 27.2 Å². The van der Waals surface area contributed by atoms with Gasteiger partial charge in [-0.2, -0.15) is 0 Å². The van der Waals surface area contributed by atoms with Crippen molar-refractivity contribution in [2.45, 2.75) is 13.5 Å². The number of carbonyl (C=O) groups excluding carboxylic acids is 2. The van der Waals surface area contributed by atoms with E-state index >= 15 is 0 Å². The van der Waals surface area contributed by atoms with Crippen LogP contribution in [0.1, 0.15) is 33.3 Å². The van der Waals surface area contributed by atoms with Gasteiger partial charge in [0.05, 0.1) is 0 Å². The van der Waals surface area contributed by atoms with Crippen molar-refractivity contribution < 1.29 is 9.59 Å². The third-order valence-electron chi connectivity index (χ3n) is 3.64. The summed E-state index contributed by atoms with van der Waals surface area (Å²) in [5.41, 5.74) is 2.06. The van der Waals surface area contributed by atoms with Crippen LogP contribution in [0.15, 0.2) is 42.6 Å². The number of hydrogen-bond acceptors (Lipinski definition) is 3. The van der Waals surface area contributed by atoms with Crippen LogP contribution in [0.3, 0.4) is 0 Å². The molecule has 1 N–H and O–H groups in total. The Bertz CT molecular complexity index is 662. The van der Waals surface area contributed by atoms with Gasteiger partial charge in [0.1, 0.15) is 5.69 Å². The molecular formula is C18H23N3O2. The SMILES string of the molecule is CC(=O)c1c[nH]c(C(=O)N(CCN(C)C)Cc2ccccc2)c1. The fourth-order valence-electron chi connectivity index (χ4n) is 2.27. The highest BCUT2D eigenvalue weighted by atomic mass is 16.2. The first-order valence-electron chi connectivity index (χ1n) is 7.64. The summed E-state index contributed by atoms with van der Waals surface area (Å²) < 4.78 is 0. The number of carbonyl (C=O) groups is 2. The largest absolute Gasteiger partial charge is 0.356 e. The lowest BCUT2D eigenvalue weighted by Crippen LogP contribution is -2.36. The summed E-state index contributed by atoms with van der Waals surface area (Å²) in [4.78, 5) is 30.9. The van der Waals surface area contributed by atoms with Gasteiger partial charge in [0.25, 0.3) is 5.91 Å². The molecule has 1 amide bonds. The fraction of sp³-hybridized carbons (Fsp3) is 0.333. The van der Waals surface area contributed by atoms with Gasteiger partial charge in [-0.05, 0) is 32.6 Å². The van der Waals surface area contributed by atoms with Crippen LogP contribution in [0.4, 0.5) is 0 Å². The Labute approximate surface area is 136 Å². The minimum Gasteiger partial charge on any atom is -0.356 e. The number of benzene rings is 1. The van der Waals surface area contributed by atoms with E-state index in [2.05, 4.69) is 4.98 Å². The van der Waals surface area contributed by atoms with E-state index in [1.54, 1.807) is 17.2 Å². The molecule has 0 aliphatic carbocycles. The molecule has 5 nitrogen and oxygen atoms in total. The summed E-state index contributed by atoms with van der Waals surface area (Å²) in [6.45, 7) is 3.43. The summed E-state index contributed by atoms with van der Waals surface area (Å²) in [5.74, 6) is -0.147. The number of nitrogens with zero attached hydrogens (tertiary/aromatic N) is 2. The normalized spacial score (nSPS) is 10.8. The van der Waals surface area contributed by atoms with Gasteiger partial charge >= 0.3 is 0 Å². The minimum atomic E-state index is -0.0943. The summed E-state index contributed by atoms with van der Waals surface area (Å²) in [6, 6.07) is 11.5. The fourth-order valence-corrected chi connectivity index (χ4v) is 2.27. The molecule has 0 bridgehead atoms. The van der Waals surface area contributed by atoms with Crippen molar-refractivity contribution in [3.63, 3.8) is 0 Å². The van der Waals surface area contributed by atoms with E-state index in [1.807, 2.05) is 49.3 Å². The molecule has 0 saturated heterocycles. The van der Waals surface area contributed by atoms with Gasteiger partial charge in [0, 0.05) is 31.4 Å². The van der Waals surface area contributed by atoms with Crippen LogP contribution in [-0.2, 0) is 6.54 Å². The van der Waals surface area contributed by atoms with Crippen molar-refractivity contribution in [3.8, 4) is 0 Å². The smallest absolute Gasteiger partial charge is 0.270 e. The molecule has 0 unspecified atom stereocenters. The third kappa shape index (κ3) is 4.79. The summed E-state index contributed by atoms with van der Waals surface area (Å²) in [5, 5.41) is 0. The number of aromatic nitrogens is 1. The van der Waals surface area contributed by atoms with Crippen LogP contribution in [0.25, 0.3) is 0 Å². The summed E-state index contributed by atoms with van der Waals surface area (Å²) >= 11 is 0. The molecule has 1 heterocycles. The van der Waals surface area contributed by atoms with Crippen molar-refractivity contribution in [1.82, 2.24) is 14.8 Å². The predicted octanol–water partition coefficient (Wildman–Crippen LogP) is 2.42. The lowest BCUT2D eigenvalue weighted by molar-refractivity contribution is 0.0726. The highest BCUT2D eigenvalue weighted by molar-refractivity contribution is 5.99. The van der Waals surface area contributed by atoms with E-state index in [1.165, 1.54) is 6.92 Å². The van der Waals surface area contributed by atoms with Gasteiger partial charge in [-0.3, -0.25) is 9.59 Å². The van der Waals surface area contributed by atoms with Crippen molar-refractivity contribution in [3.05, 3.63) is 59.4 Å². The van der Waals surface area contributed by atoms with E-state index in [9.17, 15) is 9.59 Å². The first-order valence-corrected chi connectivity index (χ1v) is 7.64. The molecule has 0 aliphatic rings. The molecule has 2 rings (SSSR count). The molecule has 2 aromatic rings. The average Bonchev–Trinajstić information content (AvgIpc) is 3.01. The van der Waals surface area contributed by atoms with Crippen LogP contribution in [0, 0.1) is 0 Å². The van der Waals surface area contributed by atoms with Crippen molar-refractivity contribution >= 4 is 11.7 Å². The van der Waals surface area contributed by atoms with Crippen LogP contribution in [0.2, 0.25) is 0 Å². The number of aromatic amines is 1. The molecule has 0 aliphatic heterocycles. The van der Waals surface area contributed by atoms with Crippen molar-refractivity contribution in [1.29, 1.82) is 0 Å². The number of Topliss-reactive ketones (excluding diaryl/α,β-unsaturated/α-hetero) is 1. The monoisotopic (exact) mass is 313 g/mol. The number of likely N-dealkylation sites (N-methyl/N-ethyl adjacent to an activating group) is 1. The Morgan fingerprint density at radius 1 is 1.09 bits per heavy atom. The lowest BCUT2D eigenvalue weighted by atomic mass is 10.2. The minimum absolute atomic E-state index is 0.0526. The number of rotatable bonds is 7. The van der Waals surface area contributed by atoms with Gasteiger partial charge in [0.15, 0.2) is 5.78 Å². The molecule has 122 valence electrons. The highest BCUT2D eigenvalue weighted by Gasteiger charge is 2.18. The zero-order valence-corrected chi connectivity index (χ0v) is 13.9. The molecule has 0 saturated carbocycles. The van der Waals surface area contributed by atoms with Gasteiger partial charge in [0.2, 0.25) is 0 Å². The van der Waals surface area contributed by atoms with Gasteiger partial charge in [-0.15, -0.1) is 0 Å². The number of hydrogen-bond donors (Lipinski definition) is 1. The summed E-state index contributed by atoms with van der Waals surface area (Å²) in [6.07, 6.45) is 1.59. The second kappa shape index (κ2) is 7.74. The standard InChI is InChI=1S/C18H23N3O2/c1-14(22)16-11-17(19-12-16)18(23)21(10-9-20(2)3)13-15-7-5-4-6-8-15/h4-8,11-12,19H,9-10,13H2,1-3H3. The molecule has 1 aromatic heterocycles. The number of ketones is 1. The molecule has 0 spiro atoms. The van der Waals surface area contributed by atoms with E-state index in [-0.39, 0.29) is 11.7 Å². The quantitative estimate of drug-likeness (QED) is 0.799. The Morgan fingerprint density at radius 2 is 1.78 bits per heavy atom. The topological polar surface area (TPSA) is 56.4 Å². The molecule has 0 atom stereocenters. The van der Waals surface area contributed by atoms with E-state index in [0.717, 1.165) is 12.1 Å². The second-order valence-electron chi connectivity index (χ2n) is 5.87. The molecule has 23 heavy (non-hydrogen) atoms. The van der Waals surface area contributed by atoms with E-state index in [0.29, 0.717) is 24.3 Å².